The number of nitrogens with zero attached hydrogens (tertiary/aromatic N) is 1. The van der Waals surface area contributed by atoms with Crippen LogP contribution in [0, 0.1) is 0 Å². The molecular formula is C17H23NO3. The molecule has 1 aromatic rings. The molecule has 4 nitrogen and oxygen atoms in total. The Bertz CT molecular complexity index is 531. The highest BCUT2D eigenvalue weighted by Crippen LogP contribution is 2.26. The molecule has 0 radical (unpaired) electrons. The minimum atomic E-state index is -0.539. The molecule has 2 rings (SSSR count). The predicted molar refractivity (Wildman–Crippen MR) is 82.2 cm³/mol. The third-order valence-electron chi connectivity index (χ3n) is 3.38. The SMILES string of the molecule is CC(C)(C)OC(=O)CN1C(=O)CCCCc2ccccc21. The number of hydrogen-bond donors (Lipinski definition) is 0. The summed E-state index contributed by atoms with van der Waals surface area (Å²) in [4.78, 5) is 26.0. The van der Waals surface area contributed by atoms with Crippen molar-refractivity contribution in [3.8, 4) is 0 Å². The fourth-order valence-electron chi connectivity index (χ4n) is 2.52. The highest BCUT2D eigenvalue weighted by atomic mass is 16.6. The van der Waals surface area contributed by atoms with Crippen LogP contribution in [-0.2, 0) is 20.7 Å². The zero-order chi connectivity index (χ0) is 15.5. The van der Waals surface area contributed by atoms with Gasteiger partial charge in [0, 0.05) is 12.1 Å². The van der Waals surface area contributed by atoms with Crippen molar-refractivity contribution in [3.63, 3.8) is 0 Å². The molecule has 0 aliphatic carbocycles. The lowest BCUT2D eigenvalue weighted by molar-refractivity contribution is -0.153. The molecule has 0 atom stereocenters. The maximum atomic E-state index is 12.3. The fraction of sp³-hybridized carbons (Fsp3) is 0.529. The van der Waals surface area contributed by atoms with E-state index in [-0.39, 0.29) is 18.4 Å². The van der Waals surface area contributed by atoms with Crippen LogP contribution in [0.25, 0.3) is 0 Å². The first-order valence-corrected chi connectivity index (χ1v) is 7.47. The van der Waals surface area contributed by atoms with Crippen LogP contribution >= 0.6 is 0 Å². The molecule has 0 unspecified atom stereocenters. The van der Waals surface area contributed by atoms with E-state index in [0.717, 1.165) is 30.5 Å². The Morgan fingerprint density at radius 3 is 2.57 bits per heavy atom. The van der Waals surface area contributed by atoms with Gasteiger partial charge in [-0.3, -0.25) is 9.59 Å². The third kappa shape index (κ3) is 4.31. The van der Waals surface area contributed by atoms with E-state index in [0.29, 0.717) is 6.42 Å². The largest absolute Gasteiger partial charge is 0.459 e. The minimum Gasteiger partial charge on any atom is -0.459 e. The zero-order valence-electron chi connectivity index (χ0n) is 13.0. The molecule has 0 fully saturated rings. The summed E-state index contributed by atoms with van der Waals surface area (Å²) in [6.07, 6.45) is 3.28. The number of hydrogen-bond acceptors (Lipinski definition) is 3. The summed E-state index contributed by atoms with van der Waals surface area (Å²) in [5, 5.41) is 0. The molecule has 1 aliphatic rings. The average molecular weight is 289 g/mol. The van der Waals surface area contributed by atoms with Crippen LogP contribution in [0.5, 0.6) is 0 Å². The molecule has 0 saturated carbocycles. The summed E-state index contributed by atoms with van der Waals surface area (Å²) in [6.45, 7) is 5.46. The van der Waals surface area contributed by atoms with Gasteiger partial charge in [-0.15, -0.1) is 0 Å². The number of esters is 1. The van der Waals surface area contributed by atoms with Gasteiger partial charge in [0.05, 0.1) is 0 Å². The van der Waals surface area contributed by atoms with Crippen molar-refractivity contribution in [2.24, 2.45) is 0 Å². The third-order valence-corrected chi connectivity index (χ3v) is 3.38. The molecule has 114 valence electrons. The smallest absolute Gasteiger partial charge is 0.326 e. The quantitative estimate of drug-likeness (QED) is 0.786. The van der Waals surface area contributed by atoms with Gasteiger partial charge in [-0.05, 0) is 51.7 Å². The Hall–Kier alpha value is -1.84. The van der Waals surface area contributed by atoms with Gasteiger partial charge in [0.25, 0.3) is 0 Å². The number of amides is 1. The van der Waals surface area contributed by atoms with E-state index < -0.39 is 5.60 Å². The summed E-state index contributed by atoms with van der Waals surface area (Å²) in [5.74, 6) is -0.376. The molecule has 0 bridgehead atoms. The topological polar surface area (TPSA) is 46.6 Å². The number of benzene rings is 1. The van der Waals surface area contributed by atoms with Crippen LogP contribution in [0.4, 0.5) is 5.69 Å². The van der Waals surface area contributed by atoms with Crippen LogP contribution in [0.3, 0.4) is 0 Å². The Morgan fingerprint density at radius 2 is 1.86 bits per heavy atom. The second-order valence-corrected chi connectivity index (χ2v) is 6.40. The highest BCUT2D eigenvalue weighted by Gasteiger charge is 2.25. The van der Waals surface area contributed by atoms with Crippen molar-refractivity contribution in [2.75, 3.05) is 11.4 Å². The normalized spacial score (nSPS) is 16.0. The first-order valence-electron chi connectivity index (χ1n) is 7.47. The Labute approximate surface area is 126 Å². The Balaban J connectivity index is 2.23. The van der Waals surface area contributed by atoms with E-state index in [1.165, 1.54) is 0 Å². The average Bonchev–Trinajstić information content (AvgIpc) is 2.38. The van der Waals surface area contributed by atoms with Gasteiger partial charge in [-0.25, -0.2) is 0 Å². The van der Waals surface area contributed by atoms with Crippen molar-refractivity contribution < 1.29 is 14.3 Å². The summed E-state index contributed by atoms with van der Waals surface area (Å²) < 4.78 is 5.34. The molecule has 4 heteroatoms. The van der Waals surface area contributed by atoms with Gasteiger partial charge < -0.3 is 9.64 Å². The lowest BCUT2D eigenvalue weighted by atomic mass is 10.0. The minimum absolute atomic E-state index is 0.00647. The molecule has 1 aliphatic heterocycles. The van der Waals surface area contributed by atoms with Crippen molar-refractivity contribution in [3.05, 3.63) is 29.8 Å². The molecule has 0 saturated heterocycles. The first kappa shape index (κ1) is 15.5. The second kappa shape index (κ2) is 6.29. The monoisotopic (exact) mass is 289 g/mol. The van der Waals surface area contributed by atoms with Crippen LogP contribution in [0.15, 0.2) is 24.3 Å². The molecule has 1 heterocycles. The number of anilines is 1. The van der Waals surface area contributed by atoms with Crippen molar-refractivity contribution in [1.29, 1.82) is 0 Å². The first-order chi connectivity index (χ1) is 9.87. The van der Waals surface area contributed by atoms with E-state index in [1.54, 1.807) is 4.90 Å². The molecular weight excluding hydrogens is 266 g/mol. The lowest BCUT2D eigenvalue weighted by Gasteiger charge is -2.28. The molecule has 0 N–H and O–H groups in total. The summed E-state index contributed by atoms with van der Waals surface area (Å²) in [5.41, 5.74) is 1.42. The van der Waals surface area contributed by atoms with E-state index in [1.807, 2.05) is 45.0 Å². The number of ether oxygens (including phenoxy) is 1. The number of carbonyl (C=O) groups excluding carboxylic acids is 2. The van der Waals surface area contributed by atoms with Gasteiger partial charge in [-0.2, -0.15) is 0 Å². The molecule has 1 amide bonds. The molecule has 21 heavy (non-hydrogen) atoms. The van der Waals surface area contributed by atoms with Gasteiger partial charge in [0.2, 0.25) is 5.91 Å². The fourth-order valence-corrected chi connectivity index (χ4v) is 2.52. The van der Waals surface area contributed by atoms with Crippen LogP contribution < -0.4 is 4.90 Å². The second-order valence-electron chi connectivity index (χ2n) is 6.40. The molecule has 0 spiro atoms. The standard InChI is InChI=1S/C17H23NO3/c1-17(2,3)21-16(20)12-18-14-10-6-4-8-13(14)9-5-7-11-15(18)19/h4,6,8,10H,5,7,9,11-12H2,1-3H3. The van der Waals surface area contributed by atoms with Gasteiger partial charge in [0.1, 0.15) is 12.1 Å². The number of rotatable bonds is 2. The number of para-hydroxylation sites is 1. The summed E-state index contributed by atoms with van der Waals surface area (Å²) in [6, 6.07) is 7.80. The summed E-state index contributed by atoms with van der Waals surface area (Å²) in [7, 11) is 0. The van der Waals surface area contributed by atoms with Crippen molar-refractivity contribution >= 4 is 17.6 Å². The van der Waals surface area contributed by atoms with Gasteiger partial charge in [0.15, 0.2) is 0 Å². The highest BCUT2D eigenvalue weighted by molar-refractivity contribution is 5.98. The zero-order valence-corrected chi connectivity index (χ0v) is 13.0. The van der Waals surface area contributed by atoms with Crippen molar-refractivity contribution in [2.45, 2.75) is 52.1 Å². The van der Waals surface area contributed by atoms with Gasteiger partial charge >= 0.3 is 5.97 Å². The Kier molecular flexibility index (Phi) is 4.66. The predicted octanol–water partition coefficient (Wildman–Crippen LogP) is 3.09. The number of aryl methyl sites for hydroxylation is 1. The van der Waals surface area contributed by atoms with Gasteiger partial charge in [-0.1, -0.05) is 18.2 Å². The van der Waals surface area contributed by atoms with Crippen molar-refractivity contribution in [1.82, 2.24) is 0 Å². The maximum absolute atomic E-state index is 12.3. The Morgan fingerprint density at radius 1 is 1.19 bits per heavy atom. The van der Waals surface area contributed by atoms with E-state index >= 15 is 0 Å². The molecule has 1 aromatic carbocycles. The van der Waals surface area contributed by atoms with E-state index in [9.17, 15) is 9.59 Å². The summed E-state index contributed by atoms with van der Waals surface area (Å²) >= 11 is 0. The lowest BCUT2D eigenvalue weighted by Crippen LogP contribution is -2.39. The van der Waals surface area contributed by atoms with E-state index in [4.69, 9.17) is 4.74 Å². The number of carbonyl (C=O) groups is 2. The van der Waals surface area contributed by atoms with Crippen LogP contribution in [0.2, 0.25) is 0 Å². The van der Waals surface area contributed by atoms with Crippen LogP contribution in [0.1, 0.15) is 45.6 Å². The van der Waals surface area contributed by atoms with Crippen LogP contribution in [-0.4, -0.2) is 24.0 Å². The maximum Gasteiger partial charge on any atom is 0.326 e. The van der Waals surface area contributed by atoms with E-state index in [2.05, 4.69) is 0 Å². The number of fused-ring (bicyclic) bond motifs is 1. The molecule has 0 aromatic heterocycles.